The van der Waals surface area contributed by atoms with Crippen molar-refractivity contribution >= 4 is 17.4 Å². The van der Waals surface area contributed by atoms with Gasteiger partial charge in [0.1, 0.15) is 5.75 Å². The van der Waals surface area contributed by atoms with E-state index < -0.39 is 0 Å². The van der Waals surface area contributed by atoms with Crippen LogP contribution in [0.4, 0.5) is 5.69 Å². The lowest BCUT2D eigenvalue weighted by atomic mass is 9.93. The Morgan fingerprint density at radius 3 is 2.85 bits per heavy atom. The molecule has 1 atom stereocenters. The first kappa shape index (κ1) is 13.4. The molecule has 0 saturated carbocycles. The van der Waals surface area contributed by atoms with Gasteiger partial charge in [-0.05, 0) is 36.4 Å². The molecule has 1 heterocycles. The number of fused-ring (bicyclic) bond motifs is 1. The Labute approximate surface area is 124 Å². The van der Waals surface area contributed by atoms with Crippen LogP contribution >= 0.6 is 11.8 Å². The van der Waals surface area contributed by atoms with E-state index in [0.717, 1.165) is 25.3 Å². The van der Waals surface area contributed by atoms with Crippen LogP contribution in [-0.4, -0.2) is 19.4 Å². The molecule has 1 N–H and O–H groups in total. The minimum atomic E-state index is 0.523. The van der Waals surface area contributed by atoms with Crippen molar-refractivity contribution in [2.45, 2.75) is 17.2 Å². The molecule has 0 saturated heterocycles. The number of benzene rings is 2. The van der Waals surface area contributed by atoms with E-state index in [1.807, 2.05) is 6.07 Å². The standard InChI is InChI=1S/C17H19NOS/c1-20-17-9-5-3-7-15(17)18-12-13-10-11-19-16-8-4-2-6-14(13)16/h2-9,13,18H,10-12H2,1H3. The molecule has 1 aliphatic rings. The van der Waals surface area contributed by atoms with E-state index in [1.54, 1.807) is 11.8 Å². The molecule has 3 rings (SSSR count). The molecule has 104 valence electrons. The first-order chi connectivity index (χ1) is 9.88. The second-order valence-corrected chi connectivity index (χ2v) is 5.80. The highest BCUT2D eigenvalue weighted by atomic mass is 32.2. The van der Waals surface area contributed by atoms with Crippen molar-refractivity contribution in [2.75, 3.05) is 24.7 Å². The van der Waals surface area contributed by atoms with Crippen LogP contribution in [0.1, 0.15) is 17.9 Å². The van der Waals surface area contributed by atoms with E-state index >= 15 is 0 Å². The number of anilines is 1. The van der Waals surface area contributed by atoms with Gasteiger partial charge >= 0.3 is 0 Å². The number of nitrogens with one attached hydrogen (secondary N) is 1. The van der Waals surface area contributed by atoms with Crippen LogP contribution < -0.4 is 10.1 Å². The molecule has 0 radical (unpaired) electrons. The van der Waals surface area contributed by atoms with Gasteiger partial charge in [0.25, 0.3) is 0 Å². The van der Waals surface area contributed by atoms with Crippen LogP contribution in [0.3, 0.4) is 0 Å². The smallest absolute Gasteiger partial charge is 0.122 e. The number of para-hydroxylation sites is 2. The largest absolute Gasteiger partial charge is 0.493 e. The second-order valence-electron chi connectivity index (χ2n) is 4.95. The van der Waals surface area contributed by atoms with E-state index in [9.17, 15) is 0 Å². The first-order valence-electron chi connectivity index (χ1n) is 6.97. The molecule has 3 heteroatoms. The van der Waals surface area contributed by atoms with Gasteiger partial charge in [0.15, 0.2) is 0 Å². The van der Waals surface area contributed by atoms with Crippen molar-refractivity contribution in [3.63, 3.8) is 0 Å². The Hall–Kier alpha value is -1.61. The van der Waals surface area contributed by atoms with E-state index in [-0.39, 0.29) is 0 Å². The fourth-order valence-corrected chi connectivity index (χ4v) is 3.23. The summed E-state index contributed by atoms with van der Waals surface area (Å²) in [5.74, 6) is 1.57. The van der Waals surface area contributed by atoms with Gasteiger partial charge < -0.3 is 10.1 Å². The molecular formula is C17H19NOS. The van der Waals surface area contributed by atoms with Gasteiger partial charge in [-0.25, -0.2) is 0 Å². The lowest BCUT2D eigenvalue weighted by Gasteiger charge is -2.26. The molecule has 0 fully saturated rings. The van der Waals surface area contributed by atoms with Crippen LogP contribution in [0, 0.1) is 0 Å². The maximum Gasteiger partial charge on any atom is 0.122 e. The van der Waals surface area contributed by atoms with Gasteiger partial charge in [0, 0.05) is 23.0 Å². The number of ether oxygens (including phenoxy) is 1. The topological polar surface area (TPSA) is 21.3 Å². The zero-order valence-corrected chi connectivity index (χ0v) is 12.5. The molecular weight excluding hydrogens is 266 g/mol. The van der Waals surface area contributed by atoms with Gasteiger partial charge in [-0.2, -0.15) is 0 Å². The summed E-state index contributed by atoms with van der Waals surface area (Å²) in [7, 11) is 0. The van der Waals surface area contributed by atoms with Crippen molar-refractivity contribution < 1.29 is 4.74 Å². The molecule has 2 nitrogen and oxygen atoms in total. The van der Waals surface area contributed by atoms with Crippen LogP contribution in [-0.2, 0) is 0 Å². The third kappa shape index (κ3) is 2.78. The Morgan fingerprint density at radius 1 is 1.15 bits per heavy atom. The van der Waals surface area contributed by atoms with E-state index in [1.165, 1.54) is 16.1 Å². The van der Waals surface area contributed by atoms with Gasteiger partial charge in [0.2, 0.25) is 0 Å². The highest BCUT2D eigenvalue weighted by Crippen LogP contribution is 2.34. The molecule has 0 aromatic heterocycles. The minimum absolute atomic E-state index is 0.523. The van der Waals surface area contributed by atoms with Crippen molar-refractivity contribution in [3.8, 4) is 5.75 Å². The summed E-state index contributed by atoms with van der Waals surface area (Å²) >= 11 is 1.78. The molecule has 0 bridgehead atoms. The summed E-state index contributed by atoms with van der Waals surface area (Å²) in [6.45, 7) is 1.77. The molecule has 1 unspecified atom stereocenters. The predicted octanol–water partition coefficient (Wildman–Crippen LogP) is 4.39. The van der Waals surface area contributed by atoms with E-state index in [0.29, 0.717) is 5.92 Å². The Kier molecular flexibility index (Phi) is 4.16. The molecule has 20 heavy (non-hydrogen) atoms. The summed E-state index contributed by atoms with van der Waals surface area (Å²) in [5, 5.41) is 3.60. The minimum Gasteiger partial charge on any atom is -0.493 e. The highest BCUT2D eigenvalue weighted by Gasteiger charge is 2.20. The molecule has 2 aromatic carbocycles. The summed E-state index contributed by atoms with van der Waals surface area (Å²) < 4.78 is 5.72. The van der Waals surface area contributed by atoms with Crippen molar-refractivity contribution in [1.29, 1.82) is 0 Å². The second kappa shape index (κ2) is 6.23. The van der Waals surface area contributed by atoms with Gasteiger partial charge in [-0.15, -0.1) is 11.8 Å². The maximum atomic E-state index is 5.72. The summed E-state index contributed by atoms with van der Waals surface area (Å²) in [5.41, 5.74) is 2.55. The maximum absolute atomic E-state index is 5.72. The lowest BCUT2D eigenvalue weighted by Crippen LogP contribution is -2.20. The number of thioether (sulfide) groups is 1. The van der Waals surface area contributed by atoms with Gasteiger partial charge in [-0.1, -0.05) is 30.3 Å². The lowest BCUT2D eigenvalue weighted by molar-refractivity contribution is 0.270. The summed E-state index contributed by atoms with van der Waals surface area (Å²) in [6, 6.07) is 16.9. The van der Waals surface area contributed by atoms with Crippen LogP contribution in [0.25, 0.3) is 0 Å². The quantitative estimate of drug-likeness (QED) is 0.842. The predicted molar refractivity (Wildman–Crippen MR) is 86.0 cm³/mol. The number of rotatable bonds is 4. The Balaban J connectivity index is 1.73. The Morgan fingerprint density at radius 2 is 1.95 bits per heavy atom. The highest BCUT2D eigenvalue weighted by molar-refractivity contribution is 7.98. The molecule has 1 aliphatic heterocycles. The fourth-order valence-electron chi connectivity index (χ4n) is 2.65. The van der Waals surface area contributed by atoms with Gasteiger partial charge in [-0.3, -0.25) is 0 Å². The third-order valence-electron chi connectivity index (χ3n) is 3.73. The molecule has 0 aliphatic carbocycles. The average molecular weight is 285 g/mol. The van der Waals surface area contributed by atoms with Crippen LogP contribution in [0.15, 0.2) is 53.4 Å². The number of hydrogen-bond donors (Lipinski definition) is 1. The molecule has 0 amide bonds. The normalized spacial score (nSPS) is 17.1. The first-order valence-corrected chi connectivity index (χ1v) is 8.19. The van der Waals surface area contributed by atoms with Crippen molar-refractivity contribution in [3.05, 3.63) is 54.1 Å². The Bertz CT molecular complexity index is 585. The van der Waals surface area contributed by atoms with Crippen LogP contribution in [0.2, 0.25) is 0 Å². The van der Waals surface area contributed by atoms with Crippen molar-refractivity contribution in [1.82, 2.24) is 0 Å². The van der Waals surface area contributed by atoms with Crippen molar-refractivity contribution in [2.24, 2.45) is 0 Å². The van der Waals surface area contributed by atoms with E-state index in [4.69, 9.17) is 4.74 Å². The zero-order valence-electron chi connectivity index (χ0n) is 11.6. The SMILES string of the molecule is CSc1ccccc1NCC1CCOc2ccccc21. The zero-order chi connectivity index (χ0) is 13.8. The fraction of sp³-hybridized carbons (Fsp3) is 0.294. The molecule has 0 spiro atoms. The average Bonchev–Trinajstić information content (AvgIpc) is 2.53. The number of hydrogen-bond acceptors (Lipinski definition) is 3. The van der Waals surface area contributed by atoms with Crippen LogP contribution in [0.5, 0.6) is 5.75 Å². The summed E-state index contributed by atoms with van der Waals surface area (Å²) in [6.07, 6.45) is 3.19. The monoisotopic (exact) mass is 285 g/mol. The van der Waals surface area contributed by atoms with E-state index in [2.05, 4.69) is 54.0 Å². The molecule has 2 aromatic rings. The third-order valence-corrected chi connectivity index (χ3v) is 4.52. The van der Waals surface area contributed by atoms with Gasteiger partial charge in [0.05, 0.1) is 6.61 Å². The summed E-state index contributed by atoms with van der Waals surface area (Å²) in [4.78, 5) is 1.30.